The molecule has 0 saturated carbocycles. The Hall–Kier alpha value is -3.17. The topological polar surface area (TPSA) is 70.7 Å². The zero-order valence-electron chi connectivity index (χ0n) is 12.9. The summed E-state index contributed by atoms with van der Waals surface area (Å²) < 4.78 is 15.1. The van der Waals surface area contributed by atoms with Gasteiger partial charge in [0, 0.05) is 16.7 Å². The van der Waals surface area contributed by atoms with Gasteiger partial charge in [-0.05, 0) is 35.9 Å². The SMILES string of the molecule is N#Cc1cc(F)cc(C(=O)Nc2ccnn2Cc2cccc(Cl)c2)c1. The fourth-order valence-electron chi connectivity index (χ4n) is 2.35. The molecule has 0 unspecified atom stereocenters. The first-order valence-electron chi connectivity index (χ1n) is 7.33. The molecule has 1 heterocycles. The number of rotatable bonds is 4. The van der Waals surface area contributed by atoms with Crippen LogP contribution in [-0.4, -0.2) is 15.7 Å². The van der Waals surface area contributed by atoms with Crippen LogP contribution >= 0.6 is 11.6 Å². The van der Waals surface area contributed by atoms with E-state index in [1.165, 1.54) is 6.07 Å². The predicted molar refractivity (Wildman–Crippen MR) is 91.8 cm³/mol. The van der Waals surface area contributed by atoms with Crippen molar-refractivity contribution in [3.63, 3.8) is 0 Å². The number of nitrogens with zero attached hydrogens (tertiary/aromatic N) is 3. The molecule has 0 fully saturated rings. The summed E-state index contributed by atoms with van der Waals surface area (Å²) in [7, 11) is 0. The van der Waals surface area contributed by atoms with Gasteiger partial charge in [0.05, 0.1) is 24.4 Å². The number of carbonyl (C=O) groups is 1. The average molecular weight is 355 g/mol. The molecule has 1 aromatic heterocycles. The van der Waals surface area contributed by atoms with E-state index in [-0.39, 0.29) is 11.1 Å². The Labute approximate surface area is 148 Å². The highest BCUT2D eigenvalue weighted by Gasteiger charge is 2.12. The van der Waals surface area contributed by atoms with Crippen LogP contribution in [0.3, 0.4) is 0 Å². The molecular weight excluding hydrogens is 343 g/mol. The maximum absolute atomic E-state index is 13.5. The van der Waals surface area contributed by atoms with Gasteiger partial charge in [-0.2, -0.15) is 10.4 Å². The maximum atomic E-state index is 13.5. The summed E-state index contributed by atoms with van der Waals surface area (Å²) in [6.45, 7) is 0.412. The first-order valence-corrected chi connectivity index (χ1v) is 7.71. The van der Waals surface area contributed by atoms with Gasteiger partial charge in [-0.25, -0.2) is 9.07 Å². The number of benzene rings is 2. The zero-order chi connectivity index (χ0) is 17.8. The van der Waals surface area contributed by atoms with E-state index in [4.69, 9.17) is 16.9 Å². The Kier molecular flexibility index (Phi) is 4.78. The van der Waals surface area contributed by atoms with Gasteiger partial charge in [0.1, 0.15) is 11.6 Å². The average Bonchev–Trinajstić information content (AvgIpc) is 3.01. The molecule has 3 aromatic rings. The molecule has 0 aliphatic carbocycles. The van der Waals surface area contributed by atoms with Crippen molar-refractivity contribution in [1.82, 2.24) is 9.78 Å². The molecule has 5 nitrogen and oxygen atoms in total. The normalized spacial score (nSPS) is 10.3. The predicted octanol–water partition coefficient (Wildman–Crippen LogP) is 3.85. The number of nitrogens with one attached hydrogen (secondary N) is 1. The van der Waals surface area contributed by atoms with Crippen molar-refractivity contribution in [2.24, 2.45) is 0 Å². The summed E-state index contributed by atoms with van der Waals surface area (Å²) in [5.74, 6) is -0.715. The van der Waals surface area contributed by atoms with E-state index >= 15 is 0 Å². The highest BCUT2D eigenvalue weighted by Crippen LogP contribution is 2.16. The molecule has 0 bridgehead atoms. The van der Waals surface area contributed by atoms with Crippen molar-refractivity contribution in [2.45, 2.75) is 6.54 Å². The lowest BCUT2D eigenvalue weighted by atomic mass is 10.1. The van der Waals surface area contributed by atoms with Crippen LogP contribution in [0.25, 0.3) is 0 Å². The van der Waals surface area contributed by atoms with E-state index in [1.54, 1.807) is 29.1 Å². The summed E-state index contributed by atoms with van der Waals surface area (Å²) >= 11 is 5.97. The standard InChI is InChI=1S/C18H12ClFN4O/c19-15-3-1-2-12(7-15)11-24-17(4-5-22-24)23-18(25)14-6-13(10-21)8-16(20)9-14/h1-9H,11H2,(H,23,25). The summed E-state index contributed by atoms with van der Waals surface area (Å²) in [4.78, 5) is 12.3. The van der Waals surface area contributed by atoms with Crippen molar-refractivity contribution < 1.29 is 9.18 Å². The Balaban J connectivity index is 1.80. The van der Waals surface area contributed by atoms with Crippen LogP contribution in [-0.2, 0) is 6.54 Å². The molecule has 0 atom stereocenters. The molecule has 25 heavy (non-hydrogen) atoms. The summed E-state index contributed by atoms with van der Waals surface area (Å²) in [5.41, 5.74) is 1.06. The largest absolute Gasteiger partial charge is 0.307 e. The lowest BCUT2D eigenvalue weighted by Gasteiger charge is -2.10. The molecule has 1 amide bonds. The van der Waals surface area contributed by atoms with Crippen molar-refractivity contribution in [1.29, 1.82) is 5.26 Å². The van der Waals surface area contributed by atoms with E-state index in [0.717, 1.165) is 17.7 Å². The van der Waals surface area contributed by atoms with E-state index in [9.17, 15) is 9.18 Å². The van der Waals surface area contributed by atoms with E-state index in [1.807, 2.05) is 18.2 Å². The molecule has 7 heteroatoms. The summed E-state index contributed by atoms with van der Waals surface area (Å²) in [6, 6.07) is 14.2. The first-order chi connectivity index (χ1) is 12.0. The second-order valence-electron chi connectivity index (χ2n) is 5.30. The molecule has 3 rings (SSSR count). The number of amides is 1. The van der Waals surface area contributed by atoms with Crippen molar-refractivity contribution in [2.75, 3.05) is 5.32 Å². The smallest absolute Gasteiger partial charge is 0.256 e. The minimum Gasteiger partial charge on any atom is -0.307 e. The Morgan fingerprint density at radius 3 is 2.88 bits per heavy atom. The van der Waals surface area contributed by atoms with Crippen molar-refractivity contribution in [3.05, 3.63) is 82.3 Å². The zero-order valence-corrected chi connectivity index (χ0v) is 13.7. The Morgan fingerprint density at radius 1 is 1.28 bits per heavy atom. The highest BCUT2D eigenvalue weighted by atomic mass is 35.5. The van der Waals surface area contributed by atoms with Gasteiger partial charge in [0.2, 0.25) is 0 Å². The van der Waals surface area contributed by atoms with Gasteiger partial charge in [-0.1, -0.05) is 23.7 Å². The third-order valence-electron chi connectivity index (χ3n) is 3.47. The Morgan fingerprint density at radius 2 is 2.12 bits per heavy atom. The fourth-order valence-corrected chi connectivity index (χ4v) is 2.56. The van der Waals surface area contributed by atoms with Gasteiger partial charge >= 0.3 is 0 Å². The van der Waals surface area contributed by atoms with Gasteiger partial charge in [-0.15, -0.1) is 0 Å². The molecule has 124 valence electrons. The molecule has 0 spiro atoms. The van der Waals surface area contributed by atoms with Crippen LogP contribution in [0.4, 0.5) is 10.2 Å². The van der Waals surface area contributed by atoms with E-state index in [0.29, 0.717) is 17.4 Å². The second kappa shape index (κ2) is 7.16. The lowest BCUT2D eigenvalue weighted by molar-refractivity contribution is 0.102. The first kappa shape index (κ1) is 16.7. The third-order valence-corrected chi connectivity index (χ3v) is 3.70. The molecule has 0 aliphatic heterocycles. The van der Waals surface area contributed by atoms with Gasteiger partial charge in [0.15, 0.2) is 0 Å². The molecule has 1 N–H and O–H groups in total. The van der Waals surface area contributed by atoms with Gasteiger partial charge in [0.25, 0.3) is 5.91 Å². The van der Waals surface area contributed by atoms with E-state index in [2.05, 4.69) is 10.4 Å². The van der Waals surface area contributed by atoms with Crippen LogP contribution < -0.4 is 5.32 Å². The third kappa shape index (κ3) is 4.03. The molecular formula is C18H12ClFN4O. The highest BCUT2D eigenvalue weighted by molar-refractivity contribution is 6.30. The summed E-state index contributed by atoms with van der Waals surface area (Å²) in [6.07, 6.45) is 1.55. The fraction of sp³-hybridized carbons (Fsp3) is 0.0556. The monoisotopic (exact) mass is 354 g/mol. The number of anilines is 1. The Bertz CT molecular complexity index is 977. The van der Waals surface area contributed by atoms with E-state index < -0.39 is 11.7 Å². The molecule has 0 saturated heterocycles. The lowest BCUT2D eigenvalue weighted by Crippen LogP contribution is -2.16. The number of halogens is 2. The summed E-state index contributed by atoms with van der Waals surface area (Å²) in [5, 5.41) is 16.3. The van der Waals surface area contributed by atoms with Crippen LogP contribution in [0.5, 0.6) is 0 Å². The van der Waals surface area contributed by atoms with Crippen molar-refractivity contribution in [3.8, 4) is 6.07 Å². The van der Waals surface area contributed by atoms with Crippen LogP contribution in [0.1, 0.15) is 21.5 Å². The van der Waals surface area contributed by atoms with Crippen LogP contribution in [0, 0.1) is 17.1 Å². The van der Waals surface area contributed by atoms with Gasteiger partial charge in [-0.3, -0.25) is 4.79 Å². The van der Waals surface area contributed by atoms with Crippen LogP contribution in [0.2, 0.25) is 5.02 Å². The molecule has 0 aliphatic rings. The maximum Gasteiger partial charge on any atom is 0.256 e. The number of hydrogen-bond acceptors (Lipinski definition) is 3. The minimum absolute atomic E-state index is 0.0621. The number of aromatic nitrogens is 2. The van der Waals surface area contributed by atoms with Crippen molar-refractivity contribution >= 4 is 23.3 Å². The minimum atomic E-state index is -0.642. The number of hydrogen-bond donors (Lipinski definition) is 1. The van der Waals surface area contributed by atoms with Crippen LogP contribution in [0.15, 0.2) is 54.7 Å². The second-order valence-corrected chi connectivity index (χ2v) is 5.73. The number of nitriles is 1. The van der Waals surface area contributed by atoms with Gasteiger partial charge < -0.3 is 5.32 Å². The molecule has 2 aromatic carbocycles. The quantitative estimate of drug-likeness (QED) is 0.773. The molecule has 0 radical (unpaired) electrons. The number of carbonyl (C=O) groups excluding carboxylic acids is 1.